The van der Waals surface area contributed by atoms with Crippen molar-refractivity contribution in [2.75, 3.05) is 19.8 Å². The van der Waals surface area contributed by atoms with Gasteiger partial charge in [-0.05, 0) is 18.2 Å². The Hall–Kier alpha value is -1.71. The van der Waals surface area contributed by atoms with Crippen LogP contribution in [0.4, 0.5) is 5.69 Å². The molecule has 1 aromatic carbocycles. The van der Waals surface area contributed by atoms with Gasteiger partial charge in [-0.25, -0.2) is 0 Å². The van der Waals surface area contributed by atoms with Crippen molar-refractivity contribution in [3.05, 3.63) is 23.8 Å². The number of rotatable bonds is 1. The lowest BCUT2D eigenvalue weighted by atomic mass is 10.1. The Kier molecular flexibility index (Phi) is 2.41. The molecule has 0 fully saturated rings. The first-order valence-corrected chi connectivity index (χ1v) is 3.82. The molecule has 1 amide bonds. The predicted molar refractivity (Wildman–Crippen MR) is 50.5 cm³/mol. The minimum absolute atomic E-state index is 0.0482. The fourth-order valence-electron chi connectivity index (χ4n) is 0.966. The summed E-state index contributed by atoms with van der Waals surface area (Å²) in [6.07, 6.45) is 0. The molecule has 0 aliphatic carbocycles. The summed E-state index contributed by atoms with van der Waals surface area (Å²) in [5.41, 5.74) is 6.17. The minimum Gasteiger partial charge on any atom is -0.507 e. The van der Waals surface area contributed by atoms with Crippen LogP contribution in [-0.4, -0.2) is 30.0 Å². The van der Waals surface area contributed by atoms with E-state index in [2.05, 4.69) is 0 Å². The highest BCUT2D eigenvalue weighted by Crippen LogP contribution is 2.20. The van der Waals surface area contributed by atoms with E-state index in [0.29, 0.717) is 5.69 Å². The summed E-state index contributed by atoms with van der Waals surface area (Å²) in [6.45, 7) is 0. The number of benzene rings is 1. The first kappa shape index (κ1) is 9.38. The van der Waals surface area contributed by atoms with Crippen LogP contribution in [-0.2, 0) is 0 Å². The summed E-state index contributed by atoms with van der Waals surface area (Å²) >= 11 is 0. The van der Waals surface area contributed by atoms with Gasteiger partial charge in [0.2, 0.25) is 0 Å². The highest BCUT2D eigenvalue weighted by molar-refractivity contribution is 5.97. The van der Waals surface area contributed by atoms with E-state index in [1.54, 1.807) is 20.2 Å². The number of carbonyl (C=O) groups is 1. The molecule has 0 spiro atoms. The van der Waals surface area contributed by atoms with Gasteiger partial charge in [-0.3, -0.25) is 4.79 Å². The van der Waals surface area contributed by atoms with Crippen LogP contribution >= 0.6 is 0 Å². The monoisotopic (exact) mass is 180 g/mol. The van der Waals surface area contributed by atoms with Crippen LogP contribution in [0.1, 0.15) is 10.4 Å². The molecule has 0 saturated carbocycles. The van der Waals surface area contributed by atoms with E-state index in [0.717, 1.165) is 0 Å². The molecule has 0 aliphatic heterocycles. The molecule has 1 aromatic rings. The lowest BCUT2D eigenvalue weighted by Crippen LogP contribution is -2.21. The molecule has 0 aliphatic rings. The van der Waals surface area contributed by atoms with Gasteiger partial charge >= 0.3 is 0 Å². The van der Waals surface area contributed by atoms with Crippen molar-refractivity contribution < 1.29 is 9.90 Å². The van der Waals surface area contributed by atoms with Crippen LogP contribution in [0.3, 0.4) is 0 Å². The highest BCUT2D eigenvalue weighted by atomic mass is 16.3. The molecule has 0 aromatic heterocycles. The number of nitrogens with two attached hydrogens (primary N) is 1. The van der Waals surface area contributed by atoms with E-state index in [-0.39, 0.29) is 17.2 Å². The first-order chi connectivity index (χ1) is 6.02. The van der Waals surface area contributed by atoms with Crippen LogP contribution in [0.2, 0.25) is 0 Å². The van der Waals surface area contributed by atoms with Gasteiger partial charge in [-0.2, -0.15) is 0 Å². The second-order valence-electron chi connectivity index (χ2n) is 2.98. The molecule has 3 N–H and O–H groups in total. The van der Waals surface area contributed by atoms with Gasteiger partial charge in [0.15, 0.2) is 0 Å². The van der Waals surface area contributed by atoms with Crippen LogP contribution in [0.5, 0.6) is 5.75 Å². The Morgan fingerprint density at radius 3 is 2.62 bits per heavy atom. The fourth-order valence-corrected chi connectivity index (χ4v) is 0.966. The zero-order chi connectivity index (χ0) is 10.0. The number of nitrogen functional groups attached to an aromatic ring is 1. The maximum Gasteiger partial charge on any atom is 0.257 e. The molecule has 70 valence electrons. The number of phenolic OH excluding ortho intramolecular Hbond substituents is 1. The Labute approximate surface area is 76.6 Å². The second kappa shape index (κ2) is 3.35. The number of phenols is 1. The minimum atomic E-state index is -0.259. The van der Waals surface area contributed by atoms with Gasteiger partial charge in [-0.1, -0.05) is 0 Å². The molecule has 13 heavy (non-hydrogen) atoms. The summed E-state index contributed by atoms with van der Waals surface area (Å²) < 4.78 is 0. The van der Waals surface area contributed by atoms with Crippen molar-refractivity contribution in [2.45, 2.75) is 0 Å². The molecule has 4 heteroatoms. The third-order valence-corrected chi connectivity index (χ3v) is 1.66. The molecular weight excluding hydrogens is 168 g/mol. The van der Waals surface area contributed by atoms with Crippen molar-refractivity contribution >= 4 is 11.6 Å². The van der Waals surface area contributed by atoms with Crippen LogP contribution in [0.15, 0.2) is 18.2 Å². The molecule has 0 unspecified atom stereocenters. The third-order valence-electron chi connectivity index (χ3n) is 1.66. The molecule has 0 bridgehead atoms. The van der Waals surface area contributed by atoms with E-state index < -0.39 is 0 Å². The number of amides is 1. The predicted octanol–water partition coefficient (Wildman–Crippen LogP) is 0.676. The van der Waals surface area contributed by atoms with E-state index in [4.69, 9.17) is 5.73 Å². The number of aromatic hydroxyl groups is 1. The summed E-state index contributed by atoms with van der Waals surface area (Å²) in [6, 6.07) is 4.41. The van der Waals surface area contributed by atoms with Gasteiger partial charge in [0.1, 0.15) is 5.75 Å². The van der Waals surface area contributed by atoms with Gasteiger partial charge in [0.05, 0.1) is 5.56 Å². The summed E-state index contributed by atoms with van der Waals surface area (Å²) in [4.78, 5) is 12.8. The van der Waals surface area contributed by atoms with Crippen molar-refractivity contribution in [1.82, 2.24) is 4.90 Å². The van der Waals surface area contributed by atoms with Crippen molar-refractivity contribution in [3.63, 3.8) is 0 Å². The second-order valence-corrected chi connectivity index (χ2v) is 2.98. The van der Waals surface area contributed by atoms with Crippen molar-refractivity contribution in [1.29, 1.82) is 0 Å². The summed E-state index contributed by atoms with van der Waals surface area (Å²) in [5, 5.41) is 9.35. The lowest BCUT2D eigenvalue weighted by molar-refractivity contribution is 0.0824. The number of anilines is 1. The topological polar surface area (TPSA) is 66.6 Å². The fraction of sp³-hybridized carbons (Fsp3) is 0.222. The van der Waals surface area contributed by atoms with E-state index in [9.17, 15) is 9.90 Å². The normalized spacial score (nSPS) is 9.69. The molecule has 1 rings (SSSR count). The van der Waals surface area contributed by atoms with Crippen LogP contribution in [0, 0.1) is 0 Å². The zero-order valence-electron chi connectivity index (χ0n) is 7.61. The van der Waals surface area contributed by atoms with Crippen LogP contribution < -0.4 is 5.73 Å². The average Bonchev–Trinajstić information content (AvgIpc) is 2.08. The maximum atomic E-state index is 11.4. The zero-order valence-corrected chi connectivity index (χ0v) is 7.61. The smallest absolute Gasteiger partial charge is 0.257 e. The standard InChI is InChI=1S/C9H12N2O2/c1-11(2)9(13)7-5-6(10)3-4-8(7)12/h3-5,12H,10H2,1-2H3. The molecule has 0 radical (unpaired) electrons. The average molecular weight is 180 g/mol. The molecule has 0 saturated heterocycles. The Morgan fingerprint density at radius 1 is 1.46 bits per heavy atom. The molecule has 0 atom stereocenters. The Morgan fingerprint density at radius 2 is 2.08 bits per heavy atom. The summed E-state index contributed by atoms with van der Waals surface area (Å²) in [5.74, 6) is -0.308. The maximum absolute atomic E-state index is 11.4. The van der Waals surface area contributed by atoms with E-state index in [1.165, 1.54) is 17.0 Å². The van der Waals surface area contributed by atoms with Crippen LogP contribution in [0.25, 0.3) is 0 Å². The first-order valence-electron chi connectivity index (χ1n) is 3.82. The third kappa shape index (κ3) is 1.90. The number of nitrogens with zero attached hydrogens (tertiary/aromatic N) is 1. The quantitative estimate of drug-likeness (QED) is 0.493. The van der Waals surface area contributed by atoms with Gasteiger partial charge < -0.3 is 15.7 Å². The highest BCUT2D eigenvalue weighted by Gasteiger charge is 2.12. The Balaban J connectivity index is 3.13. The largest absolute Gasteiger partial charge is 0.507 e. The van der Waals surface area contributed by atoms with Gasteiger partial charge in [0, 0.05) is 19.8 Å². The van der Waals surface area contributed by atoms with Crippen molar-refractivity contribution in [3.8, 4) is 5.75 Å². The van der Waals surface area contributed by atoms with E-state index >= 15 is 0 Å². The number of hydrogen-bond acceptors (Lipinski definition) is 3. The van der Waals surface area contributed by atoms with Crippen molar-refractivity contribution in [2.24, 2.45) is 0 Å². The lowest BCUT2D eigenvalue weighted by Gasteiger charge is -2.11. The molecular formula is C9H12N2O2. The molecule has 4 nitrogen and oxygen atoms in total. The van der Waals surface area contributed by atoms with Gasteiger partial charge in [-0.15, -0.1) is 0 Å². The van der Waals surface area contributed by atoms with Gasteiger partial charge in [0.25, 0.3) is 5.91 Å². The molecule has 0 heterocycles. The Bertz CT molecular complexity index is 334. The van der Waals surface area contributed by atoms with E-state index in [1.807, 2.05) is 0 Å². The number of carbonyl (C=O) groups excluding carboxylic acids is 1. The SMILES string of the molecule is CN(C)C(=O)c1cc(N)ccc1O. The number of hydrogen-bond donors (Lipinski definition) is 2. The summed E-state index contributed by atoms with van der Waals surface area (Å²) in [7, 11) is 3.23.